The number of aliphatic hydroxyl groups is 3. The second-order valence-corrected chi connectivity index (χ2v) is 26.9. The van der Waals surface area contributed by atoms with Crippen molar-refractivity contribution in [3.8, 4) is 0 Å². The number of amides is 11. The van der Waals surface area contributed by atoms with Crippen molar-refractivity contribution in [2.45, 2.75) is 272 Å². The zero-order valence-electron chi connectivity index (χ0n) is 57.9. The molecular formula is C64H111N11O20. The van der Waals surface area contributed by atoms with Gasteiger partial charge in [0, 0.05) is 0 Å². The number of ether oxygens (including phenoxy) is 1. The molecule has 1 heterocycles. The average Bonchev–Trinajstić information content (AvgIpc) is 0.928. The Kier molecular flexibility index (Phi) is 39.2. The molecule has 95 heavy (non-hydrogen) atoms. The Balaban J connectivity index is 4.29. The first-order chi connectivity index (χ1) is 44.4. The van der Waals surface area contributed by atoms with E-state index in [2.05, 4.69) is 65.4 Å². The summed E-state index contributed by atoms with van der Waals surface area (Å²) in [6.07, 6.45) is -1.39. The number of aliphatic carboxylic acids is 2. The van der Waals surface area contributed by atoms with E-state index in [0.29, 0.717) is 12.8 Å². The second-order valence-electron chi connectivity index (χ2n) is 26.9. The minimum Gasteiger partial charge on any atom is -0.481 e. The van der Waals surface area contributed by atoms with Gasteiger partial charge in [-0.05, 0) is 81.0 Å². The summed E-state index contributed by atoms with van der Waals surface area (Å²) in [5.74, 6) is -19.2. The summed E-state index contributed by atoms with van der Waals surface area (Å²) in [6, 6.07) is -19.0. The highest BCUT2D eigenvalue weighted by Gasteiger charge is 2.41. The number of rotatable bonds is 31. The van der Waals surface area contributed by atoms with Crippen molar-refractivity contribution < 1.29 is 97.4 Å². The molecule has 16 N–H and O–H groups in total. The van der Waals surface area contributed by atoms with Gasteiger partial charge < -0.3 is 88.8 Å². The SMILES string of the molecule is CCCCCCC[C@@H](O)CC(=O)N[C@@H](CC(C)C)C(=O)N[C@@H](CC(=O)O)C(=O)N[C@H]1C(=O)N[C@H](CC(C)C)C(=O)N[C@@H](CC(C)C)C(=O)N[C@H](CO)C(=O)N[C@@H](CC(C)C)C(=O)N[C@H](CO)C(=O)N[C@@H](CC(C)C)C(=O)N[C@@H]([C@@H](C)CC)C(=O)N[C@H](CC(=O)O)C(=O)O[C@@H]1C. The molecule has 0 bridgehead atoms. The number of nitrogens with one attached hydrogen (secondary N) is 11. The lowest BCUT2D eigenvalue weighted by Crippen LogP contribution is -2.63. The van der Waals surface area contributed by atoms with Crippen LogP contribution in [0.4, 0.5) is 0 Å². The molecule has 0 aromatic carbocycles. The predicted molar refractivity (Wildman–Crippen MR) is 346 cm³/mol. The third kappa shape index (κ3) is 32.6. The van der Waals surface area contributed by atoms with E-state index in [9.17, 15) is 92.7 Å². The number of hydrogen-bond acceptors (Lipinski definition) is 18. The van der Waals surface area contributed by atoms with Crippen LogP contribution in [0.25, 0.3) is 0 Å². The Bertz CT molecular complexity index is 2570. The molecule has 1 fully saturated rings. The lowest BCUT2D eigenvalue weighted by molar-refractivity contribution is -0.158. The van der Waals surface area contributed by atoms with E-state index in [-0.39, 0.29) is 68.6 Å². The van der Waals surface area contributed by atoms with E-state index in [1.54, 1.807) is 76.2 Å². The maximum atomic E-state index is 14.9. The van der Waals surface area contributed by atoms with Crippen LogP contribution in [0.15, 0.2) is 0 Å². The van der Waals surface area contributed by atoms with E-state index in [0.717, 1.165) is 32.6 Å². The average molecular weight is 1350 g/mol. The first kappa shape index (κ1) is 85.5. The lowest BCUT2D eigenvalue weighted by atomic mass is 9.96. The quantitative estimate of drug-likeness (QED) is 0.0310. The molecule has 0 saturated carbocycles. The van der Waals surface area contributed by atoms with Gasteiger partial charge in [0.15, 0.2) is 0 Å². The third-order valence-corrected chi connectivity index (χ3v) is 15.5. The predicted octanol–water partition coefficient (Wildman–Crippen LogP) is -0.413. The van der Waals surface area contributed by atoms with Gasteiger partial charge in [-0.25, -0.2) is 4.79 Å². The minimum absolute atomic E-state index is 0.0411. The van der Waals surface area contributed by atoms with Gasteiger partial charge in [0.1, 0.15) is 72.6 Å². The first-order valence-corrected chi connectivity index (χ1v) is 33.2. The van der Waals surface area contributed by atoms with E-state index in [1.165, 1.54) is 6.92 Å². The van der Waals surface area contributed by atoms with E-state index >= 15 is 0 Å². The van der Waals surface area contributed by atoms with E-state index < -0.39 is 199 Å². The van der Waals surface area contributed by atoms with Crippen LogP contribution in [0.5, 0.6) is 0 Å². The van der Waals surface area contributed by atoms with Crippen LogP contribution in [0, 0.1) is 35.5 Å². The summed E-state index contributed by atoms with van der Waals surface area (Å²) < 4.78 is 5.68. The summed E-state index contributed by atoms with van der Waals surface area (Å²) in [5, 5.41) is 78.6. The highest BCUT2D eigenvalue weighted by Crippen LogP contribution is 2.17. The largest absolute Gasteiger partial charge is 0.481 e. The molecule has 0 aromatic heterocycles. The number of carboxylic acids is 2. The molecule has 542 valence electrons. The van der Waals surface area contributed by atoms with Gasteiger partial charge >= 0.3 is 17.9 Å². The number of carboxylic acid groups (broad SMARTS) is 2. The normalized spacial score (nSPS) is 24.2. The number of unbranched alkanes of at least 4 members (excludes halogenated alkanes) is 4. The zero-order valence-corrected chi connectivity index (χ0v) is 57.9. The van der Waals surface area contributed by atoms with Gasteiger partial charge in [-0.1, -0.05) is 129 Å². The highest BCUT2D eigenvalue weighted by atomic mass is 16.5. The van der Waals surface area contributed by atoms with Gasteiger partial charge in [0.25, 0.3) is 0 Å². The maximum Gasteiger partial charge on any atom is 0.329 e. The second kappa shape index (κ2) is 43.5. The number of hydrogen-bond donors (Lipinski definition) is 16. The van der Waals surface area contributed by atoms with Crippen LogP contribution in [0.3, 0.4) is 0 Å². The van der Waals surface area contributed by atoms with Crippen LogP contribution in [0.1, 0.15) is 193 Å². The molecular weight excluding hydrogens is 1240 g/mol. The highest BCUT2D eigenvalue weighted by molar-refractivity contribution is 6.00. The van der Waals surface area contributed by atoms with Crippen LogP contribution >= 0.6 is 0 Å². The fourth-order valence-electron chi connectivity index (χ4n) is 10.3. The molecule has 0 spiro atoms. The monoisotopic (exact) mass is 1350 g/mol. The van der Waals surface area contributed by atoms with Crippen molar-refractivity contribution >= 4 is 82.9 Å². The smallest absolute Gasteiger partial charge is 0.329 e. The Morgan fingerprint density at radius 1 is 0.474 bits per heavy atom. The summed E-state index contributed by atoms with van der Waals surface area (Å²) in [6.45, 7) is 21.1. The van der Waals surface area contributed by atoms with Crippen LogP contribution in [-0.4, -0.2) is 200 Å². The van der Waals surface area contributed by atoms with Gasteiger partial charge in [0.2, 0.25) is 65.0 Å². The molecule has 31 heteroatoms. The molecule has 1 aliphatic rings. The summed E-state index contributed by atoms with van der Waals surface area (Å²) in [5.41, 5.74) is 0. The number of aliphatic hydroxyl groups excluding tert-OH is 3. The standard InChI is InChI=1S/C64H111N11O20/c1-15-17-18-19-20-21-39(78)27-49(79)65-40(22-32(3)4)54(84)69-45(28-50(80)81)59(89)75-53-38(14)95-64(94)46(29-51(82)83)71-62(92)52(37(13)16-2)74-58(88)44(26-36(11)12)68-61(91)48(31-77)73-57(87)42(24-34(7)8)67-60(90)47(30-76)72-56(86)41(23-33(5)6)66-55(85)43(25-35(9)10)70-63(53)93/h32-48,52-53,76-78H,15-31H2,1-14H3,(H,65,79)(H,66,85)(H,67,90)(H,68,91)(H,69,84)(H,70,93)(H,71,92)(H,72,86)(H,73,87)(H,74,88)(H,75,89)(H,80,81)(H,82,83)/t37-,38+,39+,40-,41-,42-,43+,44-,45-,46+,47+,48+,52-,53+/m0/s1. The Labute approximate surface area is 557 Å². The molecule has 0 aliphatic carbocycles. The van der Waals surface area contributed by atoms with Crippen molar-refractivity contribution in [3.63, 3.8) is 0 Å². The van der Waals surface area contributed by atoms with Crippen molar-refractivity contribution in [2.75, 3.05) is 13.2 Å². The first-order valence-electron chi connectivity index (χ1n) is 33.2. The van der Waals surface area contributed by atoms with E-state index in [4.69, 9.17) is 4.74 Å². The van der Waals surface area contributed by atoms with Gasteiger partial charge in [-0.15, -0.1) is 0 Å². The topological polar surface area (TPSA) is 482 Å². The molecule has 0 radical (unpaired) electrons. The number of carbonyl (C=O) groups is 14. The maximum absolute atomic E-state index is 14.9. The fourth-order valence-corrected chi connectivity index (χ4v) is 10.3. The third-order valence-electron chi connectivity index (χ3n) is 15.5. The summed E-state index contributed by atoms with van der Waals surface area (Å²) in [4.78, 5) is 195. The minimum atomic E-state index is -2.20. The van der Waals surface area contributed by atoms with Crippen LogP contribution < -0.4 is 58.5 Å². The zero-order chi connectivity index (χ0) is 72.6. The van der Waals surface area contributed by atoms with Crippen molar-refractivity contribution in [1.29, 1.82) is 0 Å². The number of cyclic esters (lactones) is 1. The molecule has 31 nitrogen and oxygen atoms in total. The summed E-state index contributed by atoms with van der Waals surface area (Å²) >= 11 is 0. The van der Waals surface area contributed by atoms with Gasteiger partial charge in [0.05, 0.1) is 38.6 Å². The van der Waals surface area contributed by atoms with Crippen molar-refractivity contribution in [3.05, 3.63) is 0 Å². The van der Waals surface area contributed by atoms with Gasteiger partial charge in [-0.2, -0.15) is 0 Å². The molecule has 1 rings (SSSR count). The number of carbonyl (C=O) groups excluding carboxylic acids is 12. The molecule has 0 unspecified atom stereocenters. The molecule has 1 saturated heterocycles. The summed E-state index contributed by atoms with van der Waals surface area (Å²) in [7, 11) is 0. The lowest BCUT2D eigenvalue weighted by Gasteiger charge is -2.31. The Hall–Kier alpha value is -7.54. The van der Waals surface area contributed by atoms with E-state index in [1.807, 2.05) is 0 Å². The number of esters is 1. The molecule has 11 amide bonds. The molecule has 1 aliphatic heterocycles. The molecule has 0 aromatic rings. The van der Waals surface area contributed by atoms with Crippen molar-refractivity contribution in [1.82, 2.24) is 58.5 Å². The van der Waals surface area contributed by atoms with Crippen LogP contribution in [-0.2, 0) is 71.9 Å². The van der Waals surface area contributed by atoms with Crippen LogP contribution in [0.2, 0.25) is 0 Å². The Morgan fingerprint density at radius 2 is 0.884 bits per heavy atom. The Morgan fingerprint density at radius 3 is 1.28 bits per heavy atom. The van der Waals surface area contributed by atoms with Crippen molar-refractivity contribution in [2.24, 2.45) is 35.5 Å². The van der Waals surface area contributed by atoms with Gasteiger partial charge in [-0.3, -0.25) is 62.3 Å². The molecule has 14 atom stereocenters. The fraction of sp³-hybridized carbons (Fsp3) is 0.781.